The zero-order chi connectivity index (χ0) is 78.1. The number of carbonyl (C=O) groups is 1. The van der Waals surface area contributed by atoms with Gasteiger partial charge >= 0.3 is 0 Å². The Morgan fingerprint density at radius 3 is 1.00 bits per heavy atom. The van der Waals surface area contributed by atoms with Crippen molar-refractivity contribution in [2.45, 2.75) is 420 Å². The highest BCUT2D eigenvalue weighted by molar-refractivity contribution is 5.76. The van der Waals surface area contributed by atoms with Gasteiger partial charge in [0, 0.05) is 6.42 Å². The average molecular weight is 1530 g/mol. The minimum absolute atomic E-state index is 0.236. The molecule has 0 aromatic heterocycles. The predicted molar refractivity (Wildman–Crippen MR) is 434 cm³/mol. The van der Waals surface area contributed by atoms with E-state index in [1.807, 2.05) is 6.08 Å². The Morgan fingerprint density at radius 2 is 0.639 bits per heavy atom. The SMILES string of the molecule is CC/C=C\C/C=C\C/C=C\C/C=C\C/C=C\C/C=C\C/C=C\C/C=C\CCCCCCCCCCCCCCC(=O)NC(COC1OC(CO)C(OC2OC(CO)C(OC3OC(CO)C(O)C(O)C3O)C(O)C2O)C(O)C1O)C(O)/C=C/CCCCCCCCCCCCCCCCCCCCCCCCCC. The minimum atomic E-state index is -1.98. The Morgan fingerprint density at radius 1 is 0.343 bits per heavy atom. The highest BCUT2D eigenvalue weighted by Crippen LogP contribution is 2.33. The number of nitrogens with one attached hydrogen (secondary N) is 1. The Labute approximate surface area is 653 Å². The van der Waals surface area contributed by atoms with Crippen LogP contribution in [0.25, 0.3) is 0 Å². The maximum atomic E-state index is 13.5. The van der Waals surface area contributed by atoms with Gasteiger partial charge in [-0.3, -0.25) is 4.79 Å². The van der Waals surface area contributed by atoms with E-state index in [0.29, 0.717) is 6.42 Å². The summed E-state index contributed by atoms with van der Waals surface area (Å²) in [5.74, 6) is -0.278. The van der Waals surface area contributed by atoms with Crippen molar-refractivity contribution in [2.24, 2.45) is 0 Å². The minimum Gasteiger partial charge on any atom is -0.394 e. The number of hydrogen-bond acceptors (Lipinski definition) is 18. The van der Waals surface area contributed by atoms with Gasteiger partial charge in [0.25, 0.3) is 0 Å². The molecule has 1 amide bonds. The van der Waals surface area contributed by atoms with Gasteiger partial charge in [0.15, 0.2) is 18.9 Å². The molecule has 108 heavy (non-hydrogen) atoms. The quantitative estimate of drug-likeness (QED) is 0.0199. The first-order chi connectivity index (χ1) is 52.8. The molecule has 0 aromatic carbocycles. The summed E-state index contributed by atoms with van der Waals surface area (Å²) in [6, 6.07) is -0.983. The van der Waals surface area contributed by atoms with Crippen LogP contribution in [0.3, 0.4) is 0 Å². The zero-order valence-corrected chi connectivity index (χ0v) is 67.0. The Kier molecular flexibility index (Phi) is 62.0. The van der Waals surface area contributed by atoms with Crippen molar-refractivity contribution in [1.29, 1.82) is 0 Å². The number of aliphatic hydroxyl groups is 11. The van der Waals surface area contributed by atoms with E-state index >= 15 is 0 Å². The summed E-state index contributed by atoms with van der Waals surface area (Å²) >= 11 is 0. The maximum absolute atomic E-state index is 13.5. The molecule has 0 spiro atoms. The summed E-state index contributed by atoms with van der Waals surface area (Å²) in [4.78, 5) is 13.5. The van der Waals surface area contributed by atoms with Crippen LogP contribution in [-0.2, 0) is 33.2 Å². The Hall–Kier alpha value is -3.55. The second kappa shape index (κ2) is 67.9. The number of carbonyl (C=O) groups excluding carboxylic acids is 1. The first-order valence-corrected chi connectivity index (χ1v) is 43.1. The summed E-state index contributed by atoms with van der Waals surface area (Å²) in [5.41, 5.74) is 0. The van der Waals surface area contributed by atoms with Crippen LogP contribution in [0.5, 0.6) is 0 Å². The molecule has 0 radical (unpaired) electrons. The molecular formula is C89H155NO18. The van der Waals surface area contributed by atoms with E-state index in [9.17, 15) is 61.0 Å². The highest BCUT2D eigenvalue weighted by Gasteiger charge is 2.54. The molecule has 3 rings (SSSR count). The first kappa shape index (κ1) is 98.6. The van der Waals surface area contributed by atoms with Crippen molar-refractivity contribution in [1.82, 2.24) is 5.32 Å². The van der Waals surface area contributed by atoms with E-state index in [0.717, 1.165) is 109 Å². The summed E-state index contributed by atoms with van der Waals surface area (Å²) < 4.78 is 34.5. The molecular weight excluding hydrogens is 1370 g/mol. The molecule has 3 fully saturated rings. The van der Waals surface area contributed by atoms with Crippen LogP contribution in [0.2, 0.25) is 0 Å². The van der Waals surface area contributed by atoms with E-state index in [1.165, 1.54) is 180 Å². The van der Waals surface area contributed by atoms with Gasteiger partial charge in [-0.1, -0.05) is 335 Å². The van der Waals surface area contributed by atoms with Crippen molar-refractivity contribution in [3.8, 4) is 0 Å². The van der Waals surface area contributed by atoms with Gasteiger partial charge in [-0.15, -0.1) is 0 Å². The lowest BCUT2D eigenvalue weighted by molar-refractivity contribution is -0.379. The molecule has 0 saturated carbocycles. The summed E-state index contributed by atoms with van der Waals surface area (Å²) in [5, 5.41) is 121. The van der Waals surface area contributed by atoms with Crippen molar-refractivity contribution in [3.05, 3.63) is 109 Å². The molecule has 3 heterocycles. The van der Waals surface area contributed by atoms with Crippen molar-refractivity contribution in [3.63, 3.8) is 0 Å². The lowest BCUT2D eigenvalue weighted by atomic mass is 9.96. The molecule has 0 aliphatic carbocycles. The Balaban J connectivity index is 1.35. The molecule has 17 atom stereocenters. The average Bonchev–Trinajstić information content (AvgIpc) is 0.779. The van der Waals surface area contributed by atoms with E-state index in [-0.39, 0.29) is 18.9 Å². The monoisotopic (exact) mass is 1530 g/mol. The van der Waals surface area contributed by atoms with E-state index in [1.54, 1.807) is 6.08 Å². The molecule has 3 aliphatic heterocycles. The number of amides is 1. The van der Waals surface area contributed by atoms with Gasteiger partial charge in [-0.25, -0.2) is 0 Å². The van der Waals surface area contributed by atoms with Crippen molar-refractivity contribution >= 4 is 5.91 Å². The highest BCUT2D eigenvalue weighted by atomic mass is 16.8. The molecule has 3 saturated heterocycles. The van der Waals surface area contributed by atoms with Gasteiger partial charge < -0.3 is 89.9 Å². The fourth-order valence-electron chi connectivity index (χ4n) is 14.0. The number of allylic oxidation sites excluding steroid dienone is 17. The molecule has 0 aromatic rings. The standard InChI is InChI=1S/C89H155NO18/c1-3-5-7-9-11-13-15-17-19-21-23-25-27-29-31-32-33-34-35-36-37-38-39-40-41-43-45-47-49-51-53-55-57-59-61-63-65-67-77(95)90-72(73(94)66-64-62-60-58-56-54-52-50-48-46-44-42-30-28-26-24-22-20-18-16-14-12-10-8-6-4-2)71-103-87-83(101)80(98)85(75(69-92)105-87)108-89-84(102)81(99)86(76(70-93)106-89)107-88-82(100)79(97)78(96)74(68-91)104-88/h5,7,11,13,17,19,23,25,29,31,33-34,36-37,39-40,64,66,72-76,78-89,91-94,96-102H,3-4,6,8-10,12,14-16,18,20-22,24,26-28,30,32,35,38,41-63,65,67-71H2,1-2H3,(H,90,95)/b7-5-,13-11-,19-17-,25-23-,31-29-,34-33-,37-36-,40-39-,66-64+. The zero-order valence-electron chi connectivity index (χ0n) is 67.0. The van der Waals surface area contributed by atoms with Gasteiger partial charge in [0.05, 0.1) is 38.6 Å². The number of ether oxygens (including phenoxy) is 6. The van der Waals surface area contributed by atoms with Gasteiger partial charge in [0.2, 0.25) is 5.91 Å². The smallest absolute Gasteiger partial charge is 0.220 e. The van der Waals surface area contributed by atoms with Crippen LogP contribution in [-0.4, -0.2) is 193 Å². The topological polar surface area (TPSA) is 307 Å². The summed E-state index contributed by atoms with van der Waals surface area (Å²) in [6.07, 6.45) is 67.8. The van der Waals surface area contributed by atoms with Gasteiger partial charge in [0.1, 0.15) is 73.2 Å². The van der Waals surface area contributed by atoms with Crippen molar-refractivity contribution < 1.29 is 89.4 Å². The number of aliphatic hydroxyl groups excluding tert-OH is 11. The summed E-state index contributed by atoms with van der Waals surface area (Å²) in [6.45, 7) is 1.65. The summed E-state index contributed by atoms with van der Waals surface area (Å²) in [7, 11) is 0. The number of unbranched alkanes of at least 4 members (excludes halogenated alkanes) is 36. The second-order valence-corrected chi connectivity index (χ2v) is 30.3. The molecule has 0 bridgehead atoms. The van der Waals surface area contributed by atoms with Crippen LogP contribution < -0.4 is 5.32 Å². The molecule has 3 aliphatic rings. The number of hydrogen-bond donors (Lipinski definition) is 12. The van der Waals surface area contributed by atoms with Crippen LogP contribution in [0, 0.1) is 0 Å². The third-order valence-corrected chi connectivity index (χ3v) is 20.8. The van der Waals surface area contributed by atoms with Crippen LogP contribution in [0.15, 0.2) is 109 Å². The lowest BCUT2D eigenvalue weighted by Crippen LogP contribution is -2.66. The van der Waals surface area contributed by atoms with Crippen molar-refractivity contribution in [2.75, 3.05) is 26.4 Å². The molecule has 19 heteroatoms. The normalized spacial score (nSPS) is 26.0. The Bertz CT molecular complexity index is 2380. The second-order valence-electron chi connectivity index (χ2n) is 30.3. The third kappa shape index (κ3) is 46.6. The van der Waals surface area contributed by atoms with Gasteiger partial charge in [-0.05, 0) is 83.5 Å². The molecule has 19 nitrogen and oxygen atoms in total. The third-order valence-electron chi connectivity index (χ3n) is 20.8. The first-order valence-electron chi connectivity index (χ1n) is 43.1. The lowest BCUT2D eigenvalue weighted by Gasteiger charge is -2.48. The molecule has 624 valence electrons. The largest absolute Gasteiger partial charge is 0.394 e. The number of rotatable bonds is 68. The van der Waals surface area contributed by atoms with E-state index in [4.69, 9.17) is 28.4 Å². The van der Waals surface area contributed by atoms with Crippen LogP contribution in [0.1, 0.15) is 316 Å². The van der Waals surface area contributed by atoms with Crippen LogP contribution >= 0.6 is 0 Å². The van der Waals surface area contributed by atoms with E-state index in [2.05, 4.69) is 116 Å². The van der Waals surface area contributed by atoms with Gasteiger partial charge in [-0.2, -0.15) is 0 Å². The van der Waals surface area contributed by atoms with Crippen LogP contribution in [0.4, 0.5) is 0 Å². The van der Waals surface area contributed by atoms with E-state index < -0.39 is 124 Å². The fraction of sp³-hybridized carbons (Fsp3) is 0.787. The fourth-order valence-corrected chi connectivity index (χ4v) is 14.0. The predicted octanol–water partition coefficient (Wildman–Crippen LogP) is 15.7. The molecule has 12 N–H and O–H groups in total. The maximum Gasteiger partial charge on any atom is 0.220 e. The molecule has 17 unspecified atom stereocenters.